The molecular formula is C38H20N4O. The van der Waals surface area contributed by atoms with E-state index in [1.165, 1.54) is 0 Å². The van der Waals surface area contributed by atoms with Crippen LogP contribution in [0.25, 0.3) is 76.9 Å². The molecule has 0 saturated carbocycles. The second-order valence-electron chi connectivity index (χ2n) is 10.8. The van der Waals surface area contributed by atoms with E-state index < -0.39 is 0 Å². The molecule has 3 heterocycles. The second kappa shape index (κ2) is 8.60. The number of nitrogens with zero attached hydrogens (tertiary/aromatic N) is 4. The Morgan fingerprint density at radius 2 is 1.12 bits per heavy atom. The first-order chi connectivity index (χ1) is 21.2. The Balaban J connectivity index is 1.33. The van der Waals surface area contributed by atoms with Gasteiger partial charge >= 0.3 is 0 Å². The van der Waals surface area contributed by atoms with Crippen molar-refractivity contribution < 1.29 is 4.42 Å². The zero-order chi connectivity index (χ0) is 28.7. The van der Waals surface area contributed by atoms with Gasteiger partial charge in [-0.25, -0.2) is 0 Å². The van der Waals surface area contributed by atoms with Crippen LogP contribution in [0.1, 0.15) is 11.1 Å². The molecule has 9 rings (SSSR count). The molecule has 0 spiro atoms. The van der Waals surface area contributed by atoms with Crippen LogP contribution in [-0.2, 0) is 0 Å². The Morgan fingerprint density at radius 1 is 0.465 bits per heavy atom. The van der Waals surface area contributed by atoms with Crippen LogP contribution in [0.2, 0.25) is 0 Å². The third-order valence-corrected chi connectivity index (χ3v) is 8.56. The summed E-state index contributed by atoms with van der Waals surface area (Å²) in [5, 5.41) is 25.6. The van der Waals surface area contributed by atoms with Crippen molar-refractivity contribution in [2.45, 2.75) is 0 Å². The number of furan rings is 1. The summed E-state index contributed by atoms with van der Waals surface area (Å²) < 4.78 is 11.1. The first-order valence-electron chi connectivity index (χ1n) is 14.1. The predicted octanol–water partition coefficient (Wildman–Crippen LogP) is 9.52. The number of fused-ring (bicyclic) bond motifs is 9. The summed E-state index contributed by atoms with van der Waals surface area (Å²) in [6.07, 6.45) is 0. The number of rotatable bonds is 2. The number of hydrogen-bond donors (Lipinski definition) is 0. The van der Waals surface area contributed by atoms with Gasteiger partial charge in [0, 0.05) is 38.0 Å². The molecule has 5 nitrogen and oxygen atoms in total. The molecule has 0 amide bonds. The first-order valence-corrected chi connectivity index (χ1v) is 14.1. The lowest BCUT2D eigenvalue weighted by molar-refractivity contribution is 0.666. The van der Waals surface area contributed by atoms with E-state index in [4.69, 9.17) is 4.42 Å². The fourth-order valence-electron chi connectivity index (χ4n) is 6.71. The summed E-state index contributed by atoms with van der Waals surface area (Å²) in [4.78, 5) is 0. The molecule has 198 valence electrons. The summed E-state index contributed by atoms with van der Waals surface area (Å²) in [5.41, 5.74) is 8.96. The molecule has 0 aliphatic rings. The van der Waals surface area contributed by atoms with E-state index >= 15 is 0 Å². The maximum atomic E-state index is 9.67. The molecule has 0 fully saturated rings. The zero-order valence-corrected chi connectivity index (χ0v) is 22.7. The van der Waals surface area contributed by atoms with Crippen molar-refractivity contribution >= 4 is 65.6 Å². The minimum atomic E-state index is 0.617. The van der Waals surface area contributed by atoms with E-state index in [0.29, 0.717) is 11.1 Å². The van der Waals surface area contributed by atoms with Gasteiger partial charge in [0.1, 0.15) is 5.58 Å². The maximum absolute atomic E-state index is 9.67. The van der Waals surface area contributed by atoms with Crippen LogP contribution in [0.3, 0.4) is 0 Å². The average Bonchev–Trinajstić information content (AvgIpc) is 3.71. The van der Waals surface area contributed by atoms with Crippen molar-refractivity contribution in [2.75, 3.05) is 0 Å². The fraction of sp³-hybridized carbons (Fsp3) is 0. The van der Waals surface area contributed by atoms with Crippen molar-refractivity contribution in [2.24, 2.45) is 0 Å². The summed E-state index contributed by atoms with van der Waals surface area (Å²) in [6, 6.07) is 45.5. The molecule has 0 aliphatic heterocycles. The van der Waals surface area contributed by atoms with Crippen LogP contribution in [0.5, 0.6) is 0 Å². The van der Waals surface area contributed by atoms with Gasteiger partial charge in [-0.15, -0.1) is 0 Å². The van der Waals surface area contributed by atoms with E-state index in [2.05, 4.69) is 75.9 Å². The number of hydrogen-bond acceptors (Lipinski definition) is 3. The summed E-state index contributed by atoms with van der Waals surface area (Å²) in [6.45, 7) is 0. The van der Waals surface area contributed by atoms with Gasteiger partial charge in [-0.2, -0.15) is 10.5 Å². The van der Waals surface area contributed by atoms with E-state index in [1.54, 1.807) is 0 Å². The Morgan fingerprint density at radius 3 is 1.93 bits per heavy atom. The molecule has 0 unspecified atom stereocenters. The Hall–Kier alpha value is -6.30. The van der Waals surface area contributed by atoms with E-state index in [-0.39, 0.29) is 0 Å². The molecule has 6 aromatic carbocycles. The van der Waals surface area contributed by atoms with E-state index in [9.17, 15) is 10.5 Å². The Kier molecular flexibility index (Phi) is 4.68. The molecule has 0 radical (unpaired) electrons. The average molecular weight is 549 g/mol. The van der Waals surface area contributed by atoms with Crippen molar-refractivity contribution in [3.8, 4) is 23.5 Å². The molecule has 5 heteroatoms. The minimum absolute atomic E-state index is 0.617. The topological polar surface area (TPSA) is 70.6 Å². The standard InChI is InChI=1S/C38H20N4O/c39-21-23-13-16-34-30(18-23)27-7-2-3-9-32(27)41(34)25-14-17-37-31(20-25)29-8-5-11-35(38(29)43-37)42-33-10-4-1-6-26(33)28-15-12-24(22-40)19-36(28)42/h1-20H. The normalized spacial score (nSPS) is 11.7. The largest absolute Gasteiger partial charge is 0.454 e. The Bertz CT molecular complexity index is 2710. The third kappa shape index (κ3) is 3.19. The number of para-hydroxylation sites is 3. The van der Waals surface area contributed by atoms with Gasteiger partial charge in [-0.1, -0.05) is 54.6 Å². The highest BCUT2D eigenvalue weighted by Crippen LogP contribution is 2.40. The van der Waals surface area contributed by atoms with Gasteiger partial charge in [-0.05, 0) is 66.7 Å². The van der Waals surface area contributed by atoms with Crippen molar-refractivity contribution in [1.82, 2.24) is 9.13 Å². The van der Waals surface area contributed by atoms with Gasteiger partial charge in [0.15, 0.2) is 5.58 Å². The lowest BCUT2D eigenvalue weighted by atomic mass is 10.1. The maximum Gasteiger partial charge on any atom is 0.159 e. The highest BCUT2D eigenvalue weighted by molar-refractivity contribution is 6.14. The highest BCUT2D eigenvalue weighted by atomic mass is 16.3. The zero-order valence-electron chi connectivity index (χ0n) is 22.7. The third-order valence-electron chi connectivity index (χ3n) is 8.56. The van der Waals surface area contributed by atoms with Gasteiger partial charge in [0.05, 0.1) is 51.0 Å². The van der Waals surface area contributed by atoms with Crippen molar-refractivity contribution in [3.63, 3.8) is 0 Å². The number of aromatic nitrogens is 2. The lowest BCUT2D eigenvalue weighted by Crippen LogP contribution is -1.94. The SMILES string of the molecule is N#Cc1ccc2c(c1)c1ccccc1n2-c1ccc2oc3c(-n4c5ccccc5c5ccc(C#N)cc54)cccc3c2c1. The highest BCUT2D eigenvalue weighted by Gasteiger charge is 2.19. The lowest BCUT2D eigenvalue weighted by Gasteiger charge is -2.09. The molecule has 0 saturated heterocycles. The van der Waals surface area contributed by atoms with Gasteiger partial charge in [-0.3, -0.25) is 0 Å². The second-order valence-corrected chi connectivity index (χ2v) is 10.8. The molecule has 43 heavy (non-hydrogen) atoms. The smallest absolute Gasteiger partial charge is 0.159 e. The fourth-order valence-corrected chi connectivity index (χ4v) is 6.71. The molecular weight excluding hydrogens is 528 g/mol. The van der Waals surface area contributed by atoms with Gasteiger partial charge in [0.2, 0.25) is 0 Å². The minimum Gasteiger partial charge on any atom is -0.454 e. The van der Waals surface area contributed by atoms with Gasteiger partial charge in [0.25, 0.3) is 0 Å². The Labute approximate surface area is 245 Å². The first kappa shape index (κ1) is 23.4. The van der Waals surface area contributed by atoms with Crippen LogP contribution < -0.4 is 0 Å². The summed E-state index contributed by atoms with van der Waals surface area (Å²) in [5.74, 6) is 0. The van der Waals surface area contributed by atoms with Crippen LogP contribution >= 0.6 is 0 Å². The molecule has 0 aliphatic carbocycles. The summed E-state index contributed by atoms with van der Waals surface area (Å²) >= 11 is 0. The van der Waals surface area contributed by atoms with Crippen LogP contribution in [0.4, 0.5) is 0 Å². The van der Waals surface area contributed by atoms with Crippen LogP contribution in [0.15, 0.2) is 126 Å². The monoisotopic (exact) mass is 548 g/mol. The number of nitriles is 2. The predicted molar refractivity (Wildman–Crippen MR) is 172 cm³/mol. The number of benzene rings is 6. The van der Waals surface area contributed by atoms with E-state index in [1.807, 2.05) is 66.7 Å². The molecule has 3 aromatic heterocycles. The van der Waals surface area contributed by atoms with Crippen molar-refractivity contribution in [3.05, 3.63) is 132 Å². The summed E-state index contributed by atoms with van der Waals surface area (Å²) in [7, 11) is 0. The quantitative estimate of drug-likeness (QED) is 0.216. The molecule has 9 aromatic rings. The van der Waals surface area contributed by atoms with Crippen LogP contribution in [0, 0.1) is 22.7 Å². The van der Waals surface area contributed by atoms with E-state index in [0.717, 1.165) is 76.9 Å². The van der Waals surface area contributed by atoms with Gasteiger partial charge < -0.3 is 13.6 Å². The van der Waals surface area contributed by atoms with Crippen molar-refractivity contribution in [1.29, 1.82) is 10.5 Å². The molecule has 0 atom stereocenters. The molecule has 0 bridgehead atoms. The van der Waals surface area contributed by atoms with Crippen LogP contribution in [-0.4, -0.2) is 9.13 Å². The molecule has 0 N–H and O–H groups in total.